The Labute approximate surface area is 151 Å². The van der Waals surface area contributed by atoms with E-state index in [1.165, 1.54) is 0 Å². The first-order valence-electron chi connectivity index (χ1n) is 7.49. The van der Waals surface area contributed by atoms with E-state index in [1.807, 2.05) is 0 Å². The Morgan fingerprint density at radius 1 is 1.08 bits per heavy atom. The minimum atomic E-state index is -1.91. The van der Waals surface area contributed by atoms with Crippen LogP contribution >= 0.6 is 11.6 Å². The van der Waals surface area contributed by atoms with Gasteiger partial charge in [0.15, 0.2) is 0 Å². The second kappa shape index (κ2) is 7.59. The van der Waals surface area contributed by atoms with Crippen LogP contribution in [0.15, 0.2) is 12.3 Å². The summed E-state index contributed by atoms with van der Waals surface area (Å²) in [5.41, 5.74) is -1.87. The first-order chi connectivity index (χ1) is 11.2. The number of pyridine rings is 1. The number of halogens is 1. The number of ether oxygens (including phenoxy) is 2. The summed E-state index contributed by atoms with van der Waals surface area (Å²) >= 11 is 5.83. The van der Waals surface area contributed by atoms with Crippen LogP contribution in [0.3, 0.4) is 0 Å². The third kappa shape index (κ3) is 6.53. The molecule has 0 atom stereocenters. The first-order valence-corrected chi connectivity index (χ1v) is 7.87. The molecule has 2 N–H and O–H groups in total. The molecule has 0 aromatic carbocycles. The molecule has 25 heavy (non-hydrogen) atoms. The summed E-state index contributed by atoms with van der Waals surface area (Å²) in [6.45, 7) is 9.81. The Balaban J connectivity index is 3.34. The van der Waals surface area contributed by atoms with E-state index in [4.69, 9.17) is 21.1 Å². The zero-order valence-electron chi connectivity index (χ0n) is 15.0. The number of hydrogen-bond acceptors (Lipinski definition) is 7. The second-order valence-electron chi connectivity index (χ2n) is 7.23. The van der Waals surface area contributed by atoms with Gasteiger partial charge in [-0.25, -0.2) is 14.6 Å². The fraction of sp³-hybridized carbons (Fsp3) is 0.533. The molecule has 10 heteroatoms. The van der Waals surface area contributed by atoms with Crippen LogP contribution in [-0.4, -0.2) is 45.5 Å². The molecule has 1 heterocycles. The van der Waals surface area contributed by atoms with Crippen molar-refractivity contribution in [3.8, 4) is 0 Å². The number of carbonyl (C=O) groups is 2. The molecular formula is C15H22BClN2O6. The molecule has 1 aromatic rings. The average Bonchev–Trinajstić information content (AvgIpc) is 2.36. The van der Waals surface area contributed by atoms with Gasteiger partial charge < -0.3 is 19.5 Å². The van der Waals surface area contributed by atoms with Crippen LogP contribution in [-0.2, 0) is 9.47 Å². The number of amides is 2. The molecule has 8 nitrogen and oxygen atoms in total. The van der Waals surface area contributed by atoms with Gasteiger partial charge in [0.05, 0.1) is 5.02 Å². The maximum atomic E-state index is 12.5. The Kier molecular flexibility index (Phi) is 6.44. The summed E-state index contributed by atoms with van der Waals surface area (Å²) in [6, 6.07) is 1.10. The van der Waals surface area contributed by atoms with Crippen molar-refractivity contribution in [2.75, 3.05) is 4.90 Å². The quantitative estimate of drug-likeness (QED) is 0.765. The molecule has 2 amide bonds. The highest BCUT2D eigenvalue weighted by Gasteiger charge is 2.34. The predicted molar refractivity (Wildman–Crippen MR) is 94.0 cm³/mol. The largest absolute Gasteiger partial charge is 0.490 e. The number of carbonyl (C=O) groups excluding carboxylic acids is 2. The van der Waals surface area contributed by atoms with Crippen molar-refractivity contribution in [1.29, 1.82) is 0 Å². The zero-order valence-corrected chi connectivity index (χ0v) is 15.8. The van der Waals surface area contributed by atoms with E-state index in [9.17, 15) is 19.6 Å². The molecule has 1 aromatic heterocycles. The Hall–Kier alpha value is -1.84. The lowest BCUT2D eigenvalue weighted by atomic mass is 9.81. The SMILES string of the molecule is CC(C)(C)OC(=O)N(C(=O)OC(C)(C)C)c1cc(B(O)O)c(Cl)cn1. The fourth-order valence-electron chi connectivity index (χ4n) is 1.64. The van der Waals surface area contributed by atoms with Crippen LogP contribution in [0.1, 0.15) is 41.5 Å². The van der Waals surface area contributed by atoms with E-state index >= 15 is 0 Å². The molecule has 0 radical (unpaired) electrons. The van der Waals surface area contributed by atoms with Crippen LogP contribution in [0.5, 0.6) is 0 Å². The van der Waals surface area contributed by atoms with Crippen molar-refractivity contribution >= 4 is 42.2 Å². The Morgan fingerprint density at radius 2 is 1.52 bits per heavy atom. The molecule has 0 aliphatic rings. The van der Waals surface area contributed by atoms with Crippen LogP contribution in [0.2, 0.25) is 5.02 Å². The molecule has 138 valence electrons. The highest BCUT2D eigenvalue weighted by Crippen LogP contribution is 2.20. The van der Waals surface area contributed by atoms with Gasteiger partial charge in [0.25, 0.3) is 0 Å². The third-order valence-electron chi connectivity index (χ3n) is 2.53. The molecule has 0 spiro atoms. The molecule has 0 aliphatic heterocycles. The normalized spacial score (nSPS) is 11.7. The van der Waals surface area contributed by atoms with Gasteiger partial charge in [-0.1, -0.05) is 11.6 Å². The van der Waals surface area contributed by atoms with Gasteiger partial charge in [0, 0.05) is 11.7 Å². The molecular weight excluding hydrogens is 350 g/mol. The summed E-state index contributed by atoms with van der Waals surface area (Å²) < 4.78 is 10.4. The molecule has 0 fully saturated rings. The van der Waals surface area contributed by atoms with Gasteiger partial charge in [-0.05, 0) is 47.6 Å². The lowest BCUT2D eigenvalue weighted by Gasteiger charge is -2.28. The summed E-state index contributed by atoms with van der Waals surface area (Å²) in [7, 11) is -1.91. The van der Waals surface area contributed by atoms with Gasteiger partial charge in [0.1, 0.15) is 17.0 Å². The van der Waals surface area contributed by atoms with Crippen molar-refractivity contribution < 1.29 is 29.1 Å². The van der Waals surface area contributed by atoms with Gasteiger partial charge in [-0.15, -0.1) is 0 Å². The van der Waals surface area contributed by atoms with Gasteiger partial charge in [-0.2, -0.15) is 4.90 Å². The molecule has 0 bridgehead atoms. The predicted octanol–water partition coefficient (Wildman–Crippen LogP) is 2.09. The highest BCUT2D eigenvalue weighted by atomic mass is 35.5. The van der Waals surface area contributed by atoms with Crippen LogP contribution in [0.25, 0.3) is 0 Å². The summed E-state index contributed by atoms with van der Waals surface area (Å²) in [5.74, 6) is -0.212. The number of imide groups is 1. The summed E-state index contributed by atoms with van der Waals surface area (Å²) in [5, 5.41) is 18.7. The molecule has 0 aliphatic carbocycles. The zero-order chi connectivity index (χ0) is 19.6. The van der Waals surface area contributed by atoms with Crippen LogP contribution in [0.4, 0.5) is 15.4 Å². The fourth-order valence-corrected chi connectivity index (χ4v) is 1.84. The van der Waals surface area contributed by atoms with Gasteiger partial charge in [0.2, 0.25) is 0 Å². The summed E-state index contributed by atoms with van der Waals surface area (Å²) in [6.07, 6.45) is -0.946. The number of nitrogens with zero attached hydrogens (tertiary/aromatic N) is 2. The Bertz CT molecular complexity index is 626. The lowest BCUT2D eigenvalue weighted by molar-refractivity contribution is 0.0429. The van der Waals surface area contributed by atoms with E-state index in [0.717, 1.165) is 12.3 Å². The number of hydrogen-bond donors (Lipinski definition) is 2. The lowest BCUT2D eigenvalue weighted by Crippen LogP contribution is -2.45. The topological polar surface area (TPSA) is 109 Å². The molecule has 1 rings (SSSR count). The van der Waals surface area contributed by atoms with Crippen molar-refractivity contribution in [2.24, 2.45) is 0 Å². The average molecular weight is 373 g/mol. The van der Waals surface area contributed by atoms with Crippen LogP contribution in [0, 0.1) is 0 Å². The second-order valence-corrected chi connectivity index (χ2v) is 7.64. The monoisotopic (exact) mass is 372 g/mol. The van der Waals surface area contributed by atoms with Crippen molar-refractivity contribution in [2.45, 2.75) is 52.7 Å². The van der Waals surface area contributed by atoms with E-state index in [1.54, 1.807) is 41.5 Å². The maximum absolute atomic E-state index is 12.5. The van der Waals surface area contributed by atoms with Crippen molar-refractivity contribution in [3.05, 3.63) is 17.3 Å². The van der Waals surface area contributed by atoms with Gasteiger partial charge >= 0.3 is 19.3 Å². The maximum Gasteiger partial charge on any atom is 0.490 e. The molecule has 0 unspecified atom stereocenters. The summed E-state index contributed by atoms with van der Waals surface area (Å²) in [4.78, 5) is 29.4. The van der Waals surface area contributed by atoms with Crippen molar-refractivity contribution in [3.63, 3.8) is 0 Å². The minimum absolute atomic E-state index is 0.0351. The van der Waals surface area contributed by atoms with E-state index in [0.29, 0.717) is 4.90 Å². The highest BCUT2D eigenvalue weighted by molar-refractivity contribution is 6.62. The first kappa shape index (κ1) is 21.2. The minimum Gasteiger partial charge on any atom is -0.443 e. The number of anilines is 1. The standard InChI is InChI=1S/C15H22BClN2O6/c1-14(2,3)24-12(20)19(13(21)25-15(4,5)6)11-7-9(16(22)23)10(17)8-18-11/h7-8,22-23H,1-6H3. The molecule has 0 saturated carbocycles. The van der Waals surface area contributed by atoms with Crippen LogP contribution < -0.4 is 10.4 Å². The van der Waals surface area contributed by atoms with E-state index in [2.05, 4.69) is 4.98 Å². The third-order valence-corrected chi connectivity index (χ3v) is 2.85. The van der Waals surface area contributed by atoms with E-state index < -0.39 is 30.5 Å². The van der Waals surface area contributed by atoms with Gasteiger partial charge in [-0.3, -0.25) is 0 Å². The molecule has 0 saturated heterocycles. The number of aromatic nitrogens is 1. The smallest absolute Gasteiger partial charge is 0.443 e. The number of rotatable bonds is 2. The van der Waals surface area contributed by atoms with E-state index in [-0.39, 0.29) is 16.3 Å². The van der Waals surface area contributed by atoms with Crippen molar-refractivity contribution in [1.82, 2.24) is 4.98 Å². The Morgan fingerprint density at radius 3 is 1.88 bits per heavy atom.